The van der Waals surface area contributed by atoms with E-state index in [9.17, 15) is 9.18 Å². The lowest BCUT2D eigenvalue weighted by Gasteiger charge is -2.25. The molecule has 1 N–H and O–H groups in total. The van der Waals surface area contributed by atoms with Gasteiger partial charge in [0.1, 0.15) is 11.9 Å². The average molecular weight is 267 g/mol. The molecule has 1 unspecified atom stereocenters. The molecule has 19 heavy (non-hydrogen) atoms. The van der Waals surface area contributed by atoms with Crippen LogP contribution < -0.4 is 5.32 Å². The summed E-state index contributed by atoms with van der Waals surface area (Å²) in [5.41, 5.74) is 0.728. The molecule has 0 radical (unpaired) electrons. The molecule has 0 aliphatic rings. The maximum atomic E-state index is 12.9. The van der Waals surface area contributed by atoms with E-state index in [1.54, 1.807) is 19.1 Å². The van der Waals surface area contributed by atoms with Crippen LogP contribution in [-0.4, -0.2) is 18.6 Å². The summed E-state index contributed by atoms with van der Waals surface area (Å²) in [6.07, 6.45) is 1.77. The Labute approximate surface area is 114 Å². The summed E-state index contributed by atoms with van der Waals surface area (Å²) in [5.74, 6) is -0.342. The minimum Gasteiger partial charge on any atom is -0.464 e. The number of anilines is 1. The molecule has 1 rings (SSSR count). The van der Waals surface area contributed by atoms with E-state index < -0.39 is 0 Å². The lowest BCUT2D eigenvalue weighted by atomic mass is 9.94. The topological polar surface area (TPSA) is 38.3 Å². The lowest BCUT2D eigenvalue weighted by Crippen LogP contribution is -2.38. The fraction of sp³-hybridized carbons (Fsp3) is 0.533. The summed E-state index contributed by atoms with van der Waals surface area (Å²) in [7, 11) is 0. The van der Waals surface area contributed by atoms with Crippen molar-refractivity contribution in [3.05, 3.63) is 30.1 Å². The zero-order chi connectivity index (χ0) is 14.3. The predicted molar refractivity (Wildman–Crippen MR) is 74.5 cm³/mol. The zero-order valence-corrected chi connectivity index (χ0v) is 11.8. The van der Waals surface area contributed by atoms with E-state index in [2.05, 4.69) is 5.32 Å². The van der Waals surface area contributed by atoms with Gasteiger partial charge in [-0.3, -0.25) is 0 Å². The summed E-state index contributed by atoms with van der Waals surface area (Å²) >= 11 is 0. The first-order valence-corrected chi connectivity index (χ1v) is 6.81. The number of carbonyl (C=O) groups is 1. The van der Waals surface area contributed by atoms with Gasteiger partial charge in [0.25, 0.3) is 0 Å². The molecule has 0 fully saturated rings. The van der Waals surface area contributed by atoms with Crippen molar-refractivity contribution in [2.75, 3.05) is 11.9 Å². The summed E-state index contributed by atoms with van der Waals surface area (Å²) in [6.45, 7) is 6.25. The molecule has 0 saturated carbocycles. The third kappa shape index (κ3) is 4.54. The van der Waals surface area contributed by atoms with Crippen LogP contribution in [0.1, 0.15) is 33.6 Å². The summed E-state index contributed by atoms with van der Waals surface area (Å²) in [4.78, 5) is 12.0. The van der Waals surface area contributed by atoms with Crippen molar-refractivity contribution >= 4 is 11.7 Å². The molecule has 4 heteroatoms. The van der Waals surface area contributed by atoms with Gasteiger partial charge in [0.2, 0.25) is 0 Å². The number of ether oxygens (including phenoxy) is 1. The lowest BCUT2D eigenvalue weighted by molar-refractivity contribution is -0.145. The number of hydrogen-bond acceptors (Lipinski definition) is 3. The van der Waals surface area contributed by atoms with E-state index in [1.165, 1.54) is 12.1 Å². The van der Waals surface area contributed by atoms with Crippen LogP contribution in [0.3, 0.4) is 0 Å². The van der Waals surface area contributed by atoms with Gasteiger partial charge in [-0.05, 0) is 37.1 Å². The largest absolute Gasteiger partial charge is 0.464 e. The Morgan fingerprint density at radius 1 is 1.21 bits per heavy atom. The van der Waals surface area contributed by atoms with E-state index in [1.807, 2.05) is 13.8 Å². The molecule has 0 aliphatic heterocycles. The van der Waals surface area contributed by atoms with E-state index in [0.717, 1.165) is 18.5 Å². The second kappa shape index (κ2) is 7.77. The summed E-state index contributed by atoms with van der Waals surface area (Å²) in [6, 6.07) is 5.61. The van der Waals surface area contributed by atoms with E-state index in [-0.39, 0.29) is 23.7 Å². The van der Waals surface area contributed by atoms with Gasteiger partial charge >= 0.3 is 5.97 Å². The molecule has 0 heterocycles. The third-order valence-electron chi connectivity index (χ3n) is 3.23. The molecular formula is C15H22FNO2. The minimum atomic E-state index is -0.389. The fourth-order valence-electron chi connectivity index (χ4n) is 2.09. The number of hydrogen-bond donors (Lipinski definition) is 1. The first-order valence-electron chi connectivity index (χ1n) is 6.81. The number of rotatable bonds is 7. The third-order valence-corrected chi connectivity index (χ3v) is 3.23. The van der Waals surface area contributed by atoms with Crippen LogP contribution in [0.5, 0.6) is 0 Å². The van der Waals surface area contributed by atoms with Gasteiger partial charge in [-0.15, -0.1) is 0 Å². The van der Waals surface area contributed by atoms with E-state index in [0.29, 0.717) is 6.61 Å². The van der Waals surface area contributed by atoms with Crippen LogP contribution in [0.25, 0.3) is 0 Å². The Bertz CT molecular complexity index is 388. The van der Waals surface area contributed by atoms with Crippen LogP contribution in [0.2, 0.25) is 0 Å². The molecule has 3 nitrogen and oxygen atoms in total. The van der Waals surface area contributed by atoms with Crippen LogP contribution >= 0.6 is 0 Å². The second-order valence-corrected chi connectivity index (χ2v) is 4.46. The maximum Gasteiger partial charge on any atom is 0.328 e. The maximum absolute atomic E-state index is 12.9. The quantitative estimate of drug-likeness (QED) is 0.767. The van der Waals surface area contributed by atoms with Crippen molar-refractivity contribution in [2.24, 2.45) is 5.92 Å². The Hall–Kier alpha value is -1.58. The van der Waals surface area contributed by atoms with Crippen molar-refractivity contribution in [3.8, 4) is 0 Å². The molecule has 0 amide bonds. The number of esters is 1. The van der Waals surface area contributed by atoms with Crippen molar-refractivity contribution in [2.45, 2.75) is 39.7 Å². The second-order valence-electron chi connectivity index (χ2n) is 4.46. The molecule has 0 aliphatic carbocycles. The zero-order valence-electron chi connectivity index (χ0n) is 11.8. The standard InChI is InChI=1S/C15H22FNO2/c1-4-11(5-2)14(15(18)19-6-3)17-13-9-7-12(16)8-10-13/h7-11,14,17H,4-6H2,1-3H3. The van der Waals surface area contributed by atoms with Crippen LogP contribution in [-0.2, 0) is 9.53 Å². The number of carbonyl (C=O) groups excluding carboxylic acids is 1. The van der Waals surface area contributed by atoms with Gasteiger partial charge in [-0.1, -0.05) is 26.7 Å². The molecular weight excluding hydrogens is 245 g/mol. The molecule has 1 aromatic carbocycles. The molecule has 1 aromatic rings. The Kier molecular flexibility index (Phi) is 6.33. The summed E-state index contributed by atoms with van der Waals surface area (Å²) < 4.78 is 18.0. The molecule has 0 bridgehead atoms. The van der Waals surface area contributed by atoms with Crippen molar-refractivity contribution < 1.29 is 13.9 Å². The van der Waals surface area contributed by atoms with E-state index in [4.69, 9.17) is 4.74 Å². The Balaban J connectivity index is 2.83. The minimum absolute atomic E-state index is 0.198. The van der Waals surface area contributed by atoms with Crippen LogP contribution in [0, 0.1) is 11.7 Å². The highest BCUT2D eigenvalue weighted by Gasteiger charge is 2.27. The summed E-state index contributed by atoms with van der Waals surface area (Å²) in [5, 5.41) is 3.15. The smallest absolute Gasteiger partial charge is 0.328 e. The molecule has 0 spiro atoms. The van der Waals surface area contributed by atoms with Crippen LogP contribution in [0.4, 0.5) is 10.1 Å². The molecule has 0 aromatic heterocycles. The van der Waals surface area contributed by atoms with Gasteiger partial charge in [0.05, 0.1) is 6.61 Å². The van der Waals surface area contributed by atoms with Crippen molar-refractivity contribution in [1.29, 1.82) is 0 Å². The predicted octanol–water partition coefficient (Wildman–Crippen LogP) is 3.61. The Morgan fingerprint density at radius 2 is 1.79 bits per heavy atom. The normalized spacial score (nSPS) is 12.3. The molecule has 1 atom stereocenters. The van der Waals surface area contributed by atoms with Crippen LogP contribution in [0.15, 0.2) is 24.3 Å². The average Bonchev–Trinajstić information content (AvgIpc) is 2.41. The SMILES string of the molecule is CCOC(=O)C(Nc1ccc(F)cc1)C(CC)CC. The van der Waals surface area contributed by atoms with Crippen molar-refractivity contribution in [3.63, 3.8) is 0 Å². The first kappa shape index (κ1) is 15.5. The van der Waals surface area contributed by atoms with Gasteiger partial charge in [-0.2, -0.15) is 0 Å². The number of halogens is 1. The van der Waals surface area contributed by atoms with Crippen molar-refractivity contribution in [1.82, 2.24) is 0 Å². The van der Waals surface area contributed by atoms with Gasteiger partial charge < -0.3 is 10.1 Å². The Morgan fingerprint density at radius 3 is 2.26 bits per heavy atom. The highest BCUT2D eigenvalue weighted by Crippen LogP contribution is 2.20. The van der Waals surface area contributed by atoms with Gasteiger partial charge in [0, 0.05) is 5.69 Å². The fourth-order valence-corrected chi connectivity index (χ4v) is 2.09. The van der Waals surface area contributed by atoms with E-state index >= 15 is 0 Å². The van der Waals surface area contributed by atoms with Gasteiger partial charge in [-0.25, -0.2) is 9.18 Å². The first-order chi connectivity index (χ1) is 9.12. The highest BCUT2D eigenvalue weighted by molar-refractivity contribution is 5.79. The monoisotopic (exact) mass is 267 g/mol. The molecule has 0 saturated heterocycles. The number of benzene rings is 1. The highest BCUT2D eigenvalue weighted by atomic mass is 19.1. The number of nitrogens with one attached hydrogen (secondary N) is 1. The van der Waals surface area contributed by atoms with Gasteiger partial charge in [0.15, 0.2) is 0 Å². The molecule has 106 valence electrons.